The van der Waals surface area contributed by atoms with E-state index in [1.165, 1.54) is 6.07 Å². The molecule has 0 aliphatic heterocycles. The molecule has 0 amide bonds. The molecule has 0 aliphatic rings. The van der Waals surface area contributed by atoms with Crippen molar-refractivity contribution in [2.24, 2.45) is 5.18 Å². The SMILES string of the molecule is CNc1ccc(Br)c(F)c1N=O. The molecule has 5 heteroatoms. The average molecular weight is 233 g/mol. The Balaban J connectivity index is 3.35. The second-order valence-electron chi connectivity index (χ2n) is 2.10. The Hall–Kier alpha value is -0.970. The molecule has 0 atom stereocenters. The maximum atomic E-state index is 13.1. The number of rotatable bonds is 2. The minimum atomic E-state index is -0.642. The van der Waals surface area contributed by atoms with Crippen molar-refractivity contribution in [2.45, 2.75) is 0 Å². The van der Waals surface area contributed by atoms with Gasteiger partial charge in [-0.3, -0.25) is 0 Å². The summed E-state index contributed by atoms with van der Waals surface area (Å²) in [5.41, 5.74) is 0.178. The van der Waals surface area contributed by atoms with Crippen molar-refractivity contribution in [1.82, 2.24) is 0 Å². The van der Waals surface area contributed by atoms with Crippen molar-refractivity contribution < 1.29 is 4.39 Å². The molecule has 3 nitrogen and oxygen atoms in total. The van der Waals surface area contributed by atoms with Gasteiger partial charge >= 0.3 is 0 Å². The van der Waals surface area contributed by atoms with Crippen LogP contribution in [0.4, 0.5) is 15.8 Å². The number of hydrogen-bond donors (Lipinski definition) is 1. The molecule has 0 saturated heterocycles. The highest BCUT2D eigenvalue weighted by atomic mass is 79.9. The fraction of sp³-hybridized carbons (Fsp3) is 0.143. The van der Waals surface area contributed by atoms with Crippen LogP contribution in [0.2, 0.25) is 0 Å². The molecule has 0 spiro atoms. The molecule has 0 unspecified atom stereocenters. The zero-order valence-corrected chi connectivity index (χ0v) is 7.85. The molecule has 64 valence electrons. The van der Waals surface area contributed by atoms with Gasteiger partial charge in [0.1, 0.15) is 0 Å². The van der Waals surface area contributed by atoms with Gasteiger partial charge in [-0.15, -0.1) is 4.91 Å². The van der Waals surface area contributed by atoms with Crippen LogP contribution in [0.1, 0.15) is 0 Å². The number of hydrogen-bond acceptors (Lipinski definition) is 3. The van der Waals surface area contributed by atoms with E-state index in [1.807, 2.05) is 0 Å². The molecule has 12 heavy (non-hydrogen) atoms. The maximum absolute atomic E-state index is 13.1. The van der Waals surface area contributed by atoms with Gasteiger partial charge in [-0.2, -0.15) is 0 Å². The molecule has 0 aromatic heterocycles. The Morgan fingerprint density at radius 1 is 1.58 bits per heavy atom. The smallest absolute Gasteiger partial charge is 0.168 e. The van der Waals surface area contributed by atoms with E-state index in [0.29, 0.717) is 5.69 Å². The van der Waals surface area contributed by atoms with E-state index in [-0.39, 0.29) is 10.2 Å². The fourth-order valence-corrected chi connectivity index (χ4v) is 1.15. The van der Waals surface area contributed by atoms with E-state index in [9.17, 15) is 9.30 Å². The number of nitroso groups, excluding NO2 is 1. The predicted molar refractivity (Wildman–Crippen MR) is 49.1 cm³/mol. The van der Waals surface area contributed by atoms with Gasteiger partial charge < -0.3 is 5.32 Å². The average Bonchev–Trinajstić information content (AvgIpc) is 2.09. The van der Waals surface area contributed by atoms with Gasteiger partial charge in [0.25, 0.3) is 0 Å². The lowest BCUT2D eigenvalue weighted by Gasteiger charge is -2.03. The number of nitrogens with one attached hydrogen (secondary N) is 1. The quantitative estimate of drug-likeness (QED) is 0.797. The summed E-state index contributed by atoms with van der Waals surface area (Å²) >= 11 is 2.95. The van der Waals surface area contributed by atoms with Crippen LogP contribution < -0.4 is 5.32 Å². The second-order valence-corrected chi connectivity index (χ2v) is 2.95. The first-order chi connectivity index (χ1) is 5.70. The number of anilines is 1. The van der Waals surface area contributed by atoms with Gasteiger partial charge in [0.2, 0.25) is 0 Å². The molecular formula is C7H6BrFN2O. The van der Waals surface area contributed by atoms with E-state index in [4.69, 9.17) is 0 Å². The first-order valence-electron chi connectivity index (χ1n) is 3.19. The third-order valence-corrected chi connectivity index (χ3v) is 2.04. The van der Waals surface area contributed by atoms with E-state index in [0.717, 1.165) is 0 Å². The van der Waals surface area contributed by atoms with E-state index in [2.05, 4.69) is 26.4 Å². The Labute approximate surface area is 77.1 Å². The van der Waals surface area contributed by atoms with Gasteiger partial charge in [-0.05, 0) is 33.2 Å². The minimum Gasteiger partial charge on any atom is -0.386 e. The summed E-state index contributed by atoms with van der Waals surface area (Å²) in [6.45, 7) is 0. The number of benzene rings is 1. The molecule has 0 bridgehead atoms. The van der Waals surface area contributed by atoms with Crippen molar-refractivity contribution >= 4 is 27.3 Å². The number of nitrogens with zero attached hydrogens (tertiary/aromatic N) is 1. The molecule has 0 heterocycles. The summed E-state index contributed by atoms with van der Waals surface area (Å²) < 4.78 is 13.3. The van der Waals surface area contributed by atoms with Crippen molar-refractivity contribution in [2.75, 3.05) is 12.4 Å². The lowest BCUT2D eigenvalue weighted by molar-refractivity contribution is 0.623. The largest absolute Gasteiger partial charge is 0.386 e. The Morgan fingerprint density at radius 2 is 2.25 bits per heavy atom. The highest BCUT2D eigenvalue weighted by molar-refractivity contribution is 9.10. The van der Waals surface area contributed by atoms with Crippen LogP contribution in [0.25, 0.3) is 0 Å². The predicted octanol–water partition coefficient (Wildman–Crippen LogP) is 3.03. The zero-order valence-electron chi connectivity index (χ0n) is 6.27. The highest BCUT2D eigenvalue weighted by Gasteiger charge is 2.11. The molecule has 1 aromatic carbocycles. The Morgan fingerprint density at radius 3 is 2.75 bits per heavy atom. The van der Waals surface area contributed by atoms with Crippen molar-refractivity contribution in [3.8, 4) is 0 Å². The molecular weight excluding hydrogens is 227 g/mol. The molecule has 1 rings (SSSR count). The van der Waals surface area contributed by atoms with Crippen molar-refractivity contribution in [1.29, 1.82) is 0 Å². The molecule has 0 radical (unpaired) electrons. The molecule has 0 fully saturated rings. The van der Waals surface area contributed by atoms with Crippen LogP contribution in [0.3, 0.4) is 0 Å². The third-order valence-electron chi connectivity index (χ3n) is 1.43. The van der Waals surface area contributed by atoms with E-state index in [1.54, 1.807) is 13.1 Å². The zero-order chi connectivity index (χ0) is 9.14. The van der Waals surface area contributed by atoms with Crippen molar-refractivity contribution in [3.05, 3.63) is 27.3 Å². The normalized spacial score (nSPS) is 9.58. The molecule has 1 aromatic rings. The van der Waals surface area contributed by atoms with Crippen molar-refractivity contribution in [3.63, 3.8) is 0 Å². The monoisotopic (exact) mass is 232 g/mol. The first-order valence-corrected chi connectivity index (χ1v) is 3.99. The summed E-state index contributed by atoms with van der Waals surface area (Å²) in [6.07, 6.45) is 0. The number of halogens is 2. The van der Waals surface area contributed by atoms with Crippen LogP contribution >= 0.6 is 15.9 Å². The van der Waals surface area contributed by atoms with Gasteiger partial charge in [0.05, 0.1) is 10.2 Å². The van der Waals surface area contributed by atoms with E-state index >= 15 is 0 Å². The standard InChI is InChI=1S/C7H6BrFN2O/c1-10-5-3-2-4(8)6(9)7(5)11-12/h2-3,10H,1H3. The third kappa shape index (κ3) is 1.45. The Bertz CT molecular complexity index is 317. The first kappa shape index (κ1) is 9.12. The highest BCUT2D eigenvalue weighted by Crippen LogP contribution is 2.32. The van der Waals surface area contributed by atoms with Gasteiger partial charge in [-0.1, -0.05) is 0 Å². The van der Waals surface area contributed by atoms with Crippen LogP contribution in [0.5, 0.6) is 0 Å². The van der Waals surface area contributed by atoms with Gasteiger partial charge in [0, 0.05) is 7.05 Å². The lowest BCUT2D eigenvalue weighted by Crippen LogP contribution is -1.90. The molecule has 1 N–H and O–H groups in total. The molecule has 0 aliphatic carbocycles. The van der Waals surface area contributed by atoms with Crippen LogP contribution in [0.15, 0.2) is 21.8 Å². The minimum absolute atomic E-state index is 0.202. The summed E-state index contributed by atoms with van der Waals surface area (Å²) in [4.78, 5) is 10.2. The van der Waals surface area contributed by atoms with Gasteiger partial charge in [-0.25, -0.2) is 4.39 Å². The fourth-order valence-electron chi connectivity index (χ4n) is 0.831. The topological polar surface area (TPSA) is 41.5 Å². The van der Waals surface area contributed by atoms with Crippen LogP contribution in [-0.4, -0.2) is 7.05 Å². The lowest BCUT2D eigenvalue weighted by atomic mass is 10.2. The summed E-state index contributed by atoms with van der Waals surface area (Å²) in [7, 11) is 1.59. The molecule has 0 saturated carbocycles. The summed E-state index contributed by atoms with van der Waals surface area (Å²) in [5, 5.41) is 5.24. The second kappa shape index (κ2) is 3.62. The summed E-state index contributed by atoms with van der Waals surface area (Å²) in [6, 6.07) is 3.08. The van der Waals surface area contributed by atoms with Gasteiger partial charge in [0.15, 0.2) is 11.5 Å². The summed E-state index contributed by atoms with van der Waals surface area (Å²) in [5.74, 6) is -0.642. The van der Waals surface area contributed by atoms with Crippen LogP contribution in [-0.2, 0) is 0 Å². The van der Waals surface area contributed by atoms with Crippen LogP contribution in [0, 0.1) is 10.7 Å². The Kier molecular flexibility index (Phi) is 2.75. The van der Waals surface area contributed by atoms with E-state index < -0.39 is 5.82 Å². The maximum Gasteiger partial charge on any atom is 0.168 e.